The van der Waals surface area contributed by atoms with E-state index < -0.39 is 0 Å². The molecule has 1 heterocycles. The number of thiocarbonyl (C=S) groups is 1. The zero-order chi connectivity index (χ0) is 17.3. The lowest BCUT2D eigenvalue weighted by atomic mass is 10.2. The summed E-state index contributed by atoms with van der Waals surface area (Å²) in [4.78, 5) is 0. The van der Waals surface area contributed by atoms with E-state index in [1.807, 2.05) is 54.6 Å². The summed E-state index contributed by atoms with van der Waals surface area (Å²) in [7, 11) is 0. The molecule has 0 radical (unpaired) electrons. The molecular weight excluding hydrogens is 334 g/mol. The molecule has 0 aliphatic carbocycles. The molecule has 0 bridgehead atoms. The topological polar surface area (TPSA) is 54.9 Å². The molecule has 25 heavy (non-hydrogen) atoms. The molecule has 1 fully saturated rings. The fraction of sp³-hybridized carbons (Fsp3) is 0.263. The molecule has 2 N–H and O–H groups in total. The molecule has 3 rings (SSSR count). The Morgan fingerprint density at radius 2 is 2.04 bits per heavy atom. The molecule has 0 spiro atoms. The van der Waals surface area contributed by atoms with Crippen molar-refractivity contribution in [3.63, 3.8) is 0 Å². The van der Waals surface area contributed by atoms with Gasteiger partial charge in [0, 0.05) is 13.2 Å². The molecule has 0 saturated carbocycles. The monoisotopic (exact) mass is 355 g/mol. The van der Waals surface area contributed by atoms with Crippen molar-refractivity contribution in [3.8, 4) is 11.5 Å². The lowest BCUT2D eigenvalue weighted by Gasteiger charge is -2.11. The highest BCUT2D eigenvalue weighted by Crippen LogP contribution is 2.21. The van der Waals surface area contributed by atoms with Crippen LogP contribution in [0.5, 0.6) is 11.5 Å². The molecule has 5 nitrogen and oxygen atoms in total. The zero-order valence-electron chi connectivity index (χ0n) is 13.9. The van der Waals surface area contributed by atoms with Crippen LogP contribution in [0.1, 0.15) is 18.4 Å². The van der Waals surface area contributed by atoms with Crippen LogP contribution in [0.15, 0.2) is 59.7 Å². The molecule has 0 aromatic heterocycles. The average molecular weight is 355 g/mol. The van der Waals surface area contributed by atoms with Crippen LogP contribution in [0.3, 0.4) is 0 Å². The number of hydrazone groups is 1. The molecule has 1 aliphatic heterocycles. The Kier molecular flexibility index (Phi) is 6.36. The standard InChI is InChI=1S/C19H21N3O2S/c25-19(20-14-18-10-5-11-23-18)22-21-13-15-6-4-9-17(12-15)24-16-7-2-1-3-8-16/h1-4,6-9,12-13,18H,5,10-11,14H2,(H2,20,22,25)/b21-13-/t18-/m0/s1. The Labute approximate surface area is 153 Å². The van der Waals surface area contributed by atoms with E-state index in [0.29, 0.717) is 11.7 Å². The first kappa shape index (κ1) is 17.4. The van der Waals surface area contributed by atoms with E-state index in [1.165, 1.54) is 0 Å². The fourth-order valence-electron chi connectivity index (χ4n) is 2.50. The summed E-state index contributed by atoms with van der Waals surface area (Å²) in [6, 6.07) is 17.4. The van der Waals surface area contributed by atoms with E-state index in [9.17, 15) is 0 Å². The van der Waals surface area contributed by atoms with Crippen LogP contribution in [0, 0.1) is 0 Å². The molecular formula is C19H21N3O2S. The maximum Gasteiger partial charge on any atom is 0.187 e. The first-order valence-electron chi connectivity index (χ1n) is 8.31. The molecule has 0 amide bonds. The van der Waals surface area contributed by atoms with Gasteiger partial charge in [-0.05, 0) is 54.9 Å². The third kappa shape index (κ3) is 5.85. The summed E-state index contributed by atoms with van der Waals surface area (Å²) in [5, 5.41) is 7.76. The number of ether oxygens (including phenoxy) is 2. The van der Waals surface area contributed by atoms with Crippen LogP contribution in [-0.2, 0) is 4.74 Å². The Morgan fingerprint density at radius 3 is 2.84 bits per heavy atom. The maximum atomic E-state index is 5.81. The Bertz CT molecular complexity index is 716. The summed E-state index contributed by atoms with van der Waals surface area (Å²) in [6.45, 7) is 1.55. The van der Waals surface area contributed by atoms with Crippen molar-refractivity contribution in [1.29, 1.82) is 0 Å². The number of hydrogen-bond acceptors (Lipinski definition) is 4. The third-order valence-electron chi connectivity index (χ3n) is 3.73. The van der Waals surface area contributed by atoms with E-state index in [1.54, 1.807) is 6.21 Å². The first-order valence-corrected chi connectivity index (χ1v) is 8.72. The minimum Gasteiger partial charge on any atom is -0.457 e. The van der Waals surface area contributed by atoms with Crippen molar-refractivity contribution >= 4 is 23.5 Å². The number of rotatable bonds is 6. The van der Waals surface area contributed by atoms with Gasteiger partial charge in [-0.2, -0.15) is 5.10 Å². The lowest BCUT2D eigenvalue weighted by molar-refractivity contribution is 0.114. The van der Waals surface area contributed by atoms with Gasteiger partial charge in [0.2, 0.25) is 0 Å². The minimum absolute atomic E-state index is 0.246. The van der Waals surface area contributed by atoms with Crippen LogP contribution in [-0.4, -0.2) is 30.6 Å². The highest BCUT2D eigenvalue weighted by molar-refractivity contribution is 7.80. The molecule has 130 valence electrons. The van der Waals surface area contributed by atoms with Gasteiger partial charge in [0.1, 0.15) is 11.5 Å². The van der Waals surface area contributed by atoms with Crippen molar-refractivity contribution in [2.75, 3.05) is 13.2 Å². The van der Waals surface area contributed by atoms with Crippen molar-refractivity contribution < 1.29 is 9.47 Å². The predicted octanol–water partition coefficient (Wildman–Crippen LogP) is 3.46. The number of nitrogens with zero attached hydrogens (tertiary/aromatic N) is 1. The Hall–Kier alpha value is -2.44. The van der Waals surface area contributed by atoms with Crippen molar-refractivity contribution in [3.05, 3.63) is 60.2 Å². The van der Waals surface area contributed by atoms with Gasteiger partial charge < -0.3 is 14.8 Å². The lowest BCUT2D eigenvalue weighted by Crippen LogP contribution is -2.37. The minimum atomic E-state index is 0.246. The summed E-state index contributed by atoms with van der Waals surface area (Å²) < 4.78 is 11.3. The quantitative estimate of drug-likeness (QED) is 0.472. The molecule has 1 saturated heterocycles. The molecule has 1 atom stereocenters. The van der Waals surface area contributed by atoms with Gasteiger partial charge in [0.25, 0.3) is 0 Å². The molecule has 2 aromatic rings. The summed E-state index contributed by atoms with van der Waals surface area (Å²) in [6.07, 6.45) is 4.15. The second-order valence-corrected chi connectivity index (χ2v) is 6.11. The van der Waals surface area contributed by atoms with E-state index in [-0.39, 0.29) is 6.10 Å². The largest absolute Gasteiger partial charge is 0.457 e. The number of para-hydroxylation sites is 1. The van der Waals surface area contributed by atoms with Crippen molar-refractivity contribution in [2.24, 2.45) is 5.10 Å². The van der Waals surface area contributed by atoms with Gasteiger partial charge in [0.15, 0.2) is 5.11 Å². The van der Waals surface area contributed by atoms with Gasteiger partial charge >= 0.3 is 0 Å². The van der Waals surface area contributed by atoms with Gasteiger partial charge in [-0.3, -0.25) is 5.43 Å². The van der Waals surface area contributed by atoms with Crippen LogP contribution in [0.25, 0.3) is 0 Å². The molecule has 0 unspecified atom stereocenters. The van der Waals surface area contributed by atoms with Crippen LogP contribution in [0.4, 0.5) is 0 Å². The first-order chi connectivity index (χ1) is 12.3. The number of hydrogen-bond donors (Lipinski definition) is 2. The van der Waals surface area contributed by atoms with E-state index in [0.717, 1.165) is 36.5 Å². The normalized spacial score (nSPS) is 16.7. The average Bonchev–Trinajstić information content (AvgIpc) is 3.15. The fourth-order valence-corrected chi connectivity index (χ4v) is 2.64. The smallest absolute Gasteiger partial charge is 0.187 e. The van der Waals surface area contributed by atoms with Gasteiger partial charge in [-0.25, -0.2) is 0 Å². The molecule has 2 aromatic carbocycles. The van der Waals surface area contributed by atoms with Crippen LogP contribution < -0.4 is 15.5 Å². The predicted molar refractivity (Wildman–Crippen MR) is 103 cm³/mol. The summed E-state index contributed by atoms with van der Waals surface area (Å²) in [5.41, 5.74) is 3.74. The van der Waals surface area contributed by atoms with Crippen LogP contribution in [0.2, 0.25) is 0 Å². The van der Waals surface area contributed by atoms with Crippen LogP contribution >= 0.6 is 12.2 Å². The van der Waals surface area contributed by atoms with Crippen molar-refractivity contribution in [1.82, 2.24) is 10.7 Å². The van der Waals surface area contributed by atoms with Crippen molar-refractivity contribution in [2.45, 2.75) is 18.9 Å². The summed E-state index contributed by atoms with van der Waals surface area (Å²) in [5.74, 6) is 1.56. The maximum absolute atomic E-state index is 5.81. The van der Waals surface area contributed by atoms with E-state index >= 15 is 0 Å². The molecule has 6 heteroatoms. The van der Waals surface area contributed by atoms with Gasteiger partial charge in [-0.15, -0.1) is 0 Å². The van der Waals surface area contributed by atoms with Gasteiger partial charge in [-0.1, -0.05) is 30.3 Å². The second kappa shape index (κ2) is 9.15. The SMILES string of the molecule is S=C(NC[C@@H]1CCCO1)N/N=C\c1cccc(Oc2ccccc2)c1. The highest BCUT2D eigenvalue weighted by atomic mass is 32.1. The third-order valence-corrected chi connectivity index (χ3v) is 3.97. The second-order valence-electron chi connectivity index (χ2n) is 5.70. The van der Waals surface area contributed by atoms with E-state index in [2.05, 4.69) is 15.8 Å². The molecule has 1 aliphatic rings. The number of benzene rings is 2. The Balaban J connectivity index is 1.47. The number of nitrogens with one attached hydrogen (secondary N) is 2. The highest BCUT2D eigenvalue weighted by Gasteiger charge is 2.14. The van der Waals surface area contributed by atoms with E-state index in [4.69, 9.17) is 21.7 Å². The Morgan fingerprint density at radius 1 is 1.20 bits per heavy atom. The zero-order valence-corrected chi connectivity index (χ0v) is 14.7. The summed E-state index contributed by atoms with van der Waals surface area (Å²) >= 11 is 5.20. The van der Waals surface area contributed by atoms with Gasteiger partial charge in [0.05, 0.1) is 12.3 Å².